The predicted molar refractivity (Wildman–Crippen MR) is 150 cm³/mol. The molecule has 1 N–H and O–H groups in total. The highest BCUT2D eigenvalue weighted by atomic mass is 16.1. The molecule has 1 fully saturated rings. The van der Waals surface area contributed by atoms with Gasteiger partial charge in [-0.3, -0.25) is 9.78 Å². The van der Waals surface area contributed by atoms with E-state index in [9.17, 15) is 4.79 Å². The Morgan fingerprint density at radius 1 is 0.892 bits per heavy atom. The molecule has 192 valence electrons. The van der Waals surface area contributed by atoms with Crippen LogP contribution in [0.5, 0.6) is 0 Å². The van der Waals surface area contributed by atoms with E-state index in [1.165, 1.54) is 48.6 Å². The number of carbonyl (C=O) groups is 1. The molecule has 3 aromatic heterocycles. The summed E-state index contributed by atoms with van der Waals surface area (Å²) in [6.07, 6.45) is 16.4. The van der Waals surface area contributed by atoms with Gasteiger partial charge in [0.1, 0.15) is 5.65 Å². The van der Waals surface area contributed by atoms with Gasteiger partial charge in [-0.15, -0.1) is 0 Å². The van der Waals surface area contributed by atoms with Crippen molar-refractivity contribution in [1.82, 2.24) is 19.9 Å². The number of fused-ring (bicyclic) bond motifs is 1. The Balaban J connectivity index is 1.12. The monoisotopic (exact) mass is 494 g/mol. The molecule has 5 heteroatoms. The van der Waals surface area contributed by atoms with Gasteiger partial charge in [0.15, 0.2) is 0 Å². The molecule has 37 heavy (non-hydrogen) atoms. The van der Waals surface area contributed by atoms with Crippen LogP contribution in [-0.4, -0.2) is 20.4 Å². The van der Waals surface area contributed by atoms with Gasteiger partial charge in [-0.2, -0.15) is 0 Å². The number of aromatic nitrogens is 3. The van der Waals surface area contributed by atoms with Gasteiger partial charge in [0.05, 0.1) is 12.2 Å². The molecule has 0 aliphatic heterocycles. The molecule has 3 heterocycles. The van der Waals surface area contributed by atoms with Crippen molar-refractivity contribution in [3.05, 3.63) is 84.9 Å². The number of amides is 1. The molecule has 1 unspecified atom stereocenters. The summed E-state index contributed by atoms with van der Waals surface area (Å²) in [5, 5.41) is 4.38. The number of benzene rings is 1. The van der Waals surface area contributed by atoms with Crippen LogP contribution >= 0.6 is 0 Å². The summed E-state index contributed by atoms with van der Waals surface area (Å²) in [6, 6.07) is 20.6. The smallest absolute Gasteiger partial charge is 0.223 e. The maximum absolute atomic E-state index is 13.1. The van der Waals surface area contributed by atoms with Gasteiger partial charge in [-0.05, 0) is 61.4 Å². The van der Waals surface area contributed by atoms with Crippen LogP contribution in [0.25, 0.3) is 22.2 Å². The lowest BCUT2D eigenvalue weighted by molar-refractivity contribution is -0.127. The highest BCUT2D eigenvalue weighted by molar-refractivity contribution is 5.94. The van der Waals surface area contributed by atoms with E-state index in [0.29, 0.717) is 12.5 Å². The molecule has 1 aliphatic rings. The van der Waals surface area contributed by atoms with Crippen LogP contribution in [-0.2, 0) is 17.9 Å². The minimum atomic E-state index is 0.136. The minimum Gasteiger partial charge on any atom is -0.350 e. The molecule has 5 nitrogen and oxygen atoms in total. The molecule has 0 spiro atoms. The third kappa shape index (κ3) is 6.46. The first-order valence-electron chi connectivity index (χ1n) is 14.0. The highest BCUT2D eigenvalue weighted by Gasteiger charge is 2.30. The number of nitrogens with zero attached hydrogens (tertiary/aromatic N) is 3. The fourth-order valence-electron chi connectivity index (χ4n) is 5.89. The number of hydrogen-bond acceptors (Lipinski definition) is 3. The van der Waals surface area contributed by atoms with Gasteiger partial charge >= 0.3 is 0 Å². The van der Waals surface area contributed by atoms with Crippen molar-refractivity contribution in [3.63, 3.8) is 0 Å². The summed E-state index contributed by atoms with van der Waals surface area (Å²) in [6.45, 7) is 1.49. The number of pyridine rings is 2. The highest BCUT2D eigenvalue weighted by Crippen LogP contribution is 2.34. The summed E-state index contributed by atoms with van der Waals surface area (Å²) in [7, 11) is 0. The summed E-state index contributed by atoms with van der Waals surface area (Å²) >= 11 is 0. The SMILES string of the molecule is O=C(NCc1ccccn1)C(CCCCCCn1cc(-c2ccccc2)c2cccnc21)C1CCCC1. The average Bonchev–Trinajstić information content (AvgIpc) is 3.61. The van der Waals surface area contributed by atoms with Gasteiger partial charge in [0.25, 0.3) is 0 Å². The topological polar surface area (TPSA) is 59.8 Å². The molecule has 1 aliphatic carbocycles. The molecule has 0 saturated heterocycles. The van der Waals surface area contributed by atoms with Crippen molar-refractivity contribution >= 4 is 16.9 Å². The Labute approximate surface area is 220 Å². The summed E-state index contributed by atoms with van der Waals surface area (Å²) in [5.41, 5.74) is 4.47. The van der Waals surface area contributed by atoms with E-state index in [2.05, 4.69) is 62.4 Å². The molecule has 4 aromatic rings. The Morgan fingerprint density at radius 3 is 2.49 bits per heavy atom. The van der Waals surface area contributed by atoms with Crippen molar-refractivity contribution in [2.45, 2.75) is 70.9 Å². The molecular weight excluding hydrogens is 456 g/mol. The minimum absolute atomic E-state index is 0.136. The van der Waals surface area contributed by atoms with E-state index in [1.54, 1.807) is 6.20 Å². The third-order valence-electron chi connectivity index (χ3n) is 7.86. The normalized spacial score (nSPS) is 14.7. The molecule has 1 saturated carbocycles. The second-order valence-corrected chi connectivity index (χ2v) is 10.4. The largest absolute Gasteiger partial charge is 0.350 e. The first-order valence-corrected chi connectivity index (χ1v) is 14.0. The predicted octanol–water partition coefficient (Wildman–Crippen LogP) is 7.17. The standard InChI is InChI=1S/C32H38N4O/c37-32(35-23-27-17-9-10-20-33-27)28(25-15-7-8-16-25)18-6-1-2-11-22-36-24-30(26-13-4-3-5-14-26)29-19-12-21-34-31(29)36/h3-5,9-10,12-14,17,19-21,24-25,28H,1-2,6-8,11,15-16,18,22-23H2,(H,35,37). The van der Waals surface area contributed by atoms with Crippen LogP contribution in [0.3, 0.4) is 0 Å². The van der Waals surface area contributed by atoms with Crippen LogP contribution in [0, 0.1) is 11.8 Å². The summed E-state index contributed by atoms with van der Waals surface area (Å²) in [5.74, 6) is 0.894. The van der Waals surface area contributed by atoms with E-state index in [1.807, 2.05) is 30.5 Å². The number of rotatable bonds is 12. The van der Waals surface area contributed by atoms with E-state index in [4.69, 9.17) is 0 Å². The first-order chi connectivity index (χ1) is 18.3. The lowest BCUT2D eigenvalue weighted by atomic mass is 9.85. The van der Waals surface area contributed by atoms with Gasteiger partial charge < -0.3 is 9.88 Å². The first kappa shape index (κ1) is 25.2. The lowest BCUT2D eigenvalue weighted by Crippen LogP contribution is -2.34. The Bertz CT molecular complexity index is 1260. The molecule has 0 radical (unpaired) electrons. The molecule has 1 atom stereocenters. The van der Waals surface area contributed by atoms with Crippen LogP contribution in [0.1, 0.15) is 63.5 Å². The van der Waals surface area contributed by atoms with Gasteiger partial charge in [0.2, 0.25) is 5.91 Å². The van der Waals surface area contributed by atoms with Crippen LogP contribution in [0.15, 0.2) is 79.3 Å². The maximum atomic E-state index is 13.1. The molecule has 0 bridgehead atoms. The summed E-state index contributed by atoms with van der Waals surface area (Å²) in [4.78, 5) is 22.1. The van der Waals surface area contributed by atoms with Crippen molar-refractivity contribution in [2.24, 2.45) is 11.8 Å². The zero-order chi connectivity index (χ0) is 25.3. The third-order valence-corrected chi connectivity index (χ3v) is 7.86. The van der Waals surface area contributed by atoms with Crippen LogP contribution < -0.4 is 5.32 Å². The molecule has 1 aromatic carbocycles. The summed E-state index contributed by atoms with van der Waals surface area (Å²) < 4.78 is 2.31. The van der Waals surface area contributed by atoms with E-state index >= 15 is 0 Å². The van der Waals surface area contributed by atoms with Crippen molar-refractivity contribution in [1.29, 1.82) is 0 Å². The fraction of sp³-hybridized carbons (Fsp3) is 0.406. The average molecular weight is 495 g/mol. The number of nitrogens with one attached hydrogen (secondary N) is 1. The van der Waals surface area contributed by atoms with E-state index in [0.717, 1.165) is 43.6 Å². The van der Waals surface area contributed by atoms with Gasteiger partial charge in [-0.1, -0.05) is 68.5 Å². The van der Waals surface area contributed by atoms with Crippen LogP contribution in [0.2, 0.25) is 0 Å². The van der Waals surface area contributed by atoms with Crippen LogP contribution in [0.4, 0.5) is 0 Å². The molecular formula is C32H38N4O. The second kappa shape index (κ2) is 12.7. The van der Waals surface area contributed by atoms with Crippen molar-refractivity contribution < 1.29 is 4.79 Å². The van der Waals surface area contributed by atoms with Gasteiger partial charge in [0, 0.05) is 42.0 Å². The Kier molecular flexibility index (Phi) is 8.62. The maximum Gasteiger partial charge on any atom is 0.223 e. The quantitative estimate of drug-likeness (QED) is 0.212. The Hall–Kier alpha value is -3.47. The number of carbonyl (C=O) groups excluding carboxylic acids is 1. The fourth-order valence-corrected chi connectivity index (χ4v) is 5.89. The zero-order valence-corrected chi connectivity index (χ0v) is 21.7. The second-order valence-electron chi connectivity index (χ2n) is 10.4. The zero-order valence-electron chi connectivity index (χ0n) is 21.7. The van der Waals surface area contributed by atoms with E-state index < -0.39 is 0 Å². The van der Waals surface area contributed by atoms with Crippen molar-refractivity contribution in [3.8, 4) is 11.1 Å². The number of aryl methyl sites for hydroxylation is 1. The molecule has 1 amide bonds. The van der Waals surface area contributed by atoms with Crippen molar-refractivity contribution in [2.75, 3.05) is 0 Å². The van der Waals surface area contributed by atoms with Gasteiger partial charge in [-0.25, -0.2) is 4.98 Å². The lowest BCUT2D eigenvalue weighted by Gasteiger charge is -2.22. The number of hydrogen-bond donors (Lipinski definition) is 1. The van der Waals surface area contributed by atoms with E-state index in [-0.39, 0.29) is 11.8 Å². The number of unbranched alkanes of at least 4 members (excludes halogenated alkanes) is 3. The Morgan fingerprint density at radius 2 is 1.68 bits per heavy atom. The molecule has 5 rings (SSSR count).